The van der Waals surface area contributed by atoms with E-state index in [1.165, 1.54) is 0 Å². The molecule has 0 spiro atoms. The highest BCUT2D eigenvalue weighted by atomic mass is 36.0. The van der Waals surface area contributed by atoms with E-state index < -0.39 is 5.20 Å². The number of halogens is 4. The molecule has 200 valence electrons. The Balaban J connectivity index is 0.000000221. The summed E-state index contributed by atoms with van der Waals surface area (Å²) in [6.45, 7) is 5.37. The highest BCUT2D eigenvalue weighted by Crippen LogP contribution is 2.61. The van der Waals surface area contributed by atoms with Gasteiger partial charge in [0.2, 0.25) is 11.6 Å². The van der Waals surface area contributed by atoms with Crippen LogP contribution in [0.2, 0.25) is 0 Å². The Hall–Kier alpha value is -2.35. The van der Waals surface area contributed by atoms with E-state index in [0.29, 0.717) is 29.1 Å². The Morgan fingerprint density at radius 3 is 1.68 bits per heavy atom. The molecule has 4 rings (SSSR count). The zero-order chi connectivity index (χ0) is 27.8. The van der Waals surface area contributed by atoms with Crippen LogP contribution >= 0.6 is 50.5 Å². The van der Waals surface area contributed by atoms with Gasteiger partial charge in [0.1, 0.15) is 17.3 Å². The first kappa shape index (κ1) is 30.9. The van der Waals surface area contributed by atoms with Crippen molar-refractivity contribution in [2.45, 2.75) is 26.7 Å². The average Bonchev–Trinajstić information content (AvgIpc) is 3.37. The molecule has 37 heavy (non-hydrogen) atoms. The highest BCUT2D eigenvalue weighted by Gasteiger charge is 2.20. The fourth-order valence-electron chi connectivity index (χ4n) is 2.87. The first-order valence-corrected chi connectivity index (χ1v) is 15.5. The van der Waals surface area contributed by atoms with Crippen LogP contribution in [-0.2, 0) is 10.4 Å². The molecule has 0 atom stereocenters. The second-order valence-electron chi connectivity index (χ2n) is 7.35. The Bertz CT molecular complexity index is 1330. The zero-order valence-corrected chi connectivity index (χ0v) is 24.5. The van der Waals surface area contributed by atoms with Gasteiger partial charge in [-0.05, 0) is 89.2 Å². The van der Waals surface area contributed by atoms with Crippen molar-refractivity contribution in [1.82, 2.24) is 4.98 Å². The second-order valence-corrected chi connectivity index (χ2v) is 14.3. The van der Waals surface area contributed by atoms with Gasteiger partial charge in [-0.2, -0.15) is 0 Å². The third-order valence-corrected chi connectivity index (χ3v) is 5.19. The van der Waals surface area contributed by atoms with E-state index in [1.54, 1.807) is 52.3 Å². The summed E-state index contributed by atoms with van der Waals surface area (Å²) < 4.78 is 31.4. The number of ether oxygens (including phenoxy) is 2. The maximum absolute atomic E-state index is 11.7. The quantitative estimate of drug-likeness (QED) is 0.0968. The van der Waals surface area contributed by atoms with Gasteiger partial charge < -0.3 is 23.5 Å². The molecule has 2 aromatic heterocycles. The van der Waals surface area contributed by atoms with Gasteiger partial charge in [0.05, 0.1) is 31.4 Å². The molecular weight excluding hydrogens is 585 g/mol. The molecule has 0 unspecified atom stereocenters. The first-order valence-electron chi connectivity index (χ1n) is 10.6. The van der Waals surface area contributed by atoms with Crippen molar-refractivity contribution in [1.29, 1.82) is 0 Å². The Morgan fingerprint density at radius 2 is 1.32 bits per heavy atom. The molecular formula is C24H25Cl4N2O6P. The smallest absolute Gasteiger partial charge is 0.392 e. The molecule has 0 N–H and O–H groups in total. The van der Waals surface area contributed by atoms with Crippen LogP contribution in [0.4, 0.5) is 0 Å². The fraction of sp³-hybridized carbons (Fsp3) is 0.250. The molecule has 0 radical (unpaired) electrons. The number of aryl methyl sites for hydroxylation is 2. The van der Waals surface area contributed by atoms with Gasteiger partial charge in [-0.1, -0.05) is 0 Å². The third kappa shape index (κ3) is 9.47. The van der Waals surface area contributed by atoms with Crippen molar-refractivity contribution in [3.05, 3.63) is 76.6 Å². The molecule has 0 aliphatic carbocycles. The molecule has 0 fully saturated rings. The lowest BCUT2D eigenvalue weighted by molar-refractivity contribution is -0.602. The predicted molar refractivity (Wildman–Crippen MR) is 147 cm³/mol. The van der Waals surface area contributed by atoms with Crippen LogP contribution in [0.5, 0.6) is 11.5 Å². The molecule has 0 saturated heterocycles. The molecule has 0 aliphatic rings. The summed E-state index contributed by atoms with van der Waals surface area (Å²) in [6, 6.07) is 14.7. The first-order chi connectivity index (χ1) is 17.4. The molecule has 2 heterocycles. The minimum Gasteiger partial charge on any atom is -0.616 e. The fourth-order valence-corrected chi connectivity index (χ4v) is 3.12. The van der Waals surface area contributed by atoms with Crippen molar-refractivity contribution in [3.63, 3.8) is 0 Å². The average molecular weight is 610 g/mol. The van der Waals surface area contributed by atoms with E-state index in [0.717, 1.165) is 38.8 Å². The van der Waals surface area contributed by atoms with Crippen LogP contribution in [-0.4, -0.2) is 19.2 Å². The highest BCUT2D eigenvalue weighted by molar-refractivity contribution is 8.24. The summed E-state index contributed by atoms with van der Waals surface area (Å²) in [5.41, 5.74) is 3.03. The number of aromatic nitrogens is 2. The number of nitrogens with zero attached hydrogens (tertiary/aromatic N) is 2. The van der Waals surface area contributed by atoms with Crippen molar-refractivity contribution >= 4 is 50.5 Å². The summed E-state index contributed by atoms with van der Waals surface area (Å²) in [5, 5.41) is 8.51. The lowest BCUT2D eigenvalue weighted by Gasteiger charge is -2.00. The molecule has 0 amide bonds. The van der Waals surface area contributed by atoms with Crippen molar-refractivity contribution in [3.8, 4) is 34.4 Å². The third-order valence-electron chi connectivity index (χ3n) is 4.94. The summed E-state index contributed by atoms with van der Waals surface area (Å²) in [4.78, 5) is 4.31. The lowest BCUT2D eigenvalue weighted by atomic mass is 10.2. The standard InChI is InChI=1S/C12H12ClNO2.C12H13NO3.Cl3OP/c1-8-11(7-13)14-12(16-8)9-3-5-10(15-2)6-4-9;1-8-9(2)16-12(13(8)14)10-4-6-11(15-3)7-5-10;1-5(2,3)4/h3-6H,7H2,1-2H3;4-7H,1-3H3;. The van der Waals surface area contributed by atoms with Crippen LogP contribution in [0.1, 0.15) is 22.9 Å². The number of methoxy groups -OCH3 is 2. The summed E-state index contributed by atoms with van der Waals surface area (Å²) >= 11 is 19.6. The molecule has 8 nitrogen and oxygen atoms in total. The van der Waals surface area contributed by atoms with Gasteiger partial charge in [-0.3, -0.25) is 4.57 Å². The van der Waals surface area contributed by atoms with Crippen LogP contribution in [0, 0.1) is 26.0 Å². The number of rotatable bonds is 5. The number of alkyl halides is 1. The predicted octanol–water partition coefficient (Wildman–Crippen LogP) is 8.41. The monoisotopic (exact) mass is 608 g/mol. The maximum atomic E-state index is 11.7. The van der Waals surface area contributed by atoms with Crippen LogP contribution in [0.15, 0.2) is 57.4 Å². The normalized spacial score (nSPS) is 10.6. The van der Waals surface area contributed by atoms with E-state index in [4.69, 9.17) is 29.9 Å². The summed E-state index contributed by atoms with van der Waals surface area (Å²) in [7, 11) is 3.24. The summed E-state index contributed by atoms with van der Waals surface area (Å²) in [6.07, 6.45) is 0. The number of hydrogen-bond donors (Lipinski definition) is 0. The van der Waals surface area contributed by atoms with Gasteiger partial charge in [0.15, 0.2) is 5.76 Å². The molecule has 0 aliphatic heterocycles. The minimum atomic E-state index is -3.22. The zero-order valence-electron chi connectivity index (χ0n) is 20.6. The van der Waals surface area contributed by atoms with E-state index >= 15 is 0 Å². The Labute approximate surface area is 234 Å². The van der Waals surface area contributed by atoms with Gasteiger partial charge in [0.25, 0.3) is 0 Å². The van der Waals surface area contributed by atoms with E-state index in [-0.39, 0.29) is 0 Å². The van der Waals surface area contributed by atoms with Gasteiger partial charge in [-0.25, -0.2) is 4.98 Å². The molecule has 2 aromatic carbocycles. The topological polar surface area (TPSA) is 102 Å². The van der Waals surface area contributed by atoms with Gasteiger partial charge in [-0.15, -0.1) is 16.3 Å². The second kappa shape index (κ2) is 14.0. The van der Waals surface area contributed by atoms with Crippen molar-refractivity contribution < 1.29 is 27.6 Å². The Kier molecular flexibility index (Phi) is 11.7. The van der Waals surface area contributed by atoms with Gasteiger partial charge in [0, 0.05) is 19.4 Å². The summed E-state index contributed by atoms with van der Waals surface area (Å²) in [5.74, 6) is 4.24. The van der Waals surface area contributed by atoms with E-state index in [2.05, 4.69) is 38.7 Å². The van der Waals surface area contributed by atoms with Gasteiger partial charge >= 0.3 is 11.1 Å². The Morgan fingerprint density at radius 1 is 0.865 bits per heavy atom. The minimum absolute atomic E-state index is 0.317. The number of hydrogen-bond acceptors (Lipinski definition) is 7. The van der Waals surface area contributed by atoms with E-state index in [9.17, 15) is 9.77 Å². The van der Waals surface area contributed by atoms with Crippen LogP contribution in [0.25, 0.3) is 22.9 Å². The lowest BCUT2D eigenvalue weighted by Crippen LogP contribution is -2.29. The van der Waals surface area contributed by atoms with Crippen molar-refractivity contribution in [2.24, 2.45) is 0 Å². The molecule has 0 bridgehead atoms. The molecule has 4 aromatic rings. The van der Waals surface area contributed by atoms with Crippen molar-refractivity contribution in [2.75, 3.05) is 14.2 Å². The largest absolute Gasteiger partial charge is 0.616 e. The van der Waals surface area contributed by atoms with Crippen LogP contribution in [0.3, 0.4) is 0 Å². The maximum Gasteiger partial charge on any atom is 0.392 e. The van der Waals surface area contributed by atoms with Crippen LogP contribution < -0.4 is 14.2 Å². The van der Waals surface area contributed by atoms with E-state index in [1.807, 2.05) is 31.2 Å². The number of oxazole rings is 2. The number of benzene rings is 2. The molecule has 0 saturated carbocycles. The SMILES string of the molecule is COc1ccc(-c2nc(CCl)c(C)o2)cc1.COc1ccc(-c2oc(C)c(C)[n+]2[O-])cc1.O=P(Cl)(Cl)Cl. The molecule has 13 heteroatoms.